The first-order valence-electron chi connectivity index (χ1n) is 6.55. The monoisotopic (exact) mass is 320 g/mol. The van der Waals surface area contributed by atoms with E-state index in [2.05, 4.69) is 10.3 Å². The second-order valence-electron chi connectivity index (χ2n) is 5.14. The Kier molecular flexibility index (Phi) is 3.55. The van der Waals surface area contributed by atoms with Crippen LogP contribution in [0.15, 0.2) is 29.6 Å². The zero-order chi connectivity index (χ0) is 15.0. The van der Waals surface area contributed by atoms with E-state index in [0.717, 1.165) is 18.4 Å². The molecule has 2 aromatic rings. The summed E-state index contributed by atoms with van der Waals surface area (Å²) in [4.78, 5) is 27.8. The van der Waals surface area contributed by atoms with Crippen LogP contribution in [-0.2, 0) is 10.2 Å². The molecule has 1 aromatic heterocycles. The highest BCUT2D eigenvalue weighted by molar-refractivity contribution is 7.14. The lowest BCUT2D eigenvalue weighted by Crippen LogP contribution is -2.27. The second-order valence-corrected chi connectivity index (χ2v) is 6.43. The van der Waals surface area contributed by atoms with E-state index in [-0.39, 0.29) is 11.7 Å². The number of rotatable bonds is 4. The minimum atomic E-state index is -0.480. The molecule has 21 heavy (non-hydrogen) atoms. The van der Waals surface area contributed by atoms with Crippen LogP contribution in [-0.4, -0.2) is 16.7 Å². The number of ketones is 1. The first-order chi connectivity index (χ1) is 10.0. The van der Waals surface area contributed by atoms with Gasteiger partial charge in [-0.05, 0) is 30.5 Å². The van der Waals surface area contributed by atoms with Gasteiger partial charge in [-0.3, -0.25) is 9.59 Å². The van der Waals surface area contributed by atoms with E-state index >= 15 is 0 Å². The first-order valence-corrected chi connectivity index (χ1v) is 7.81. The molecule has 4 nitrogen and oxygen atoms in total. The molecule has 0 aliphatic heterocycles. The molecule has 0 atom stereocenters. The molecular formula is C15H13ClN2O2S. The number of aromatic nitrogens is 1. The Hall–Kier alpha value is -1.72. The quantitative estimate of drug-likeness (QED) is 0.874. The minimum Gasteiger partial charge on any atom is -0.301 e. The molecule has 0 radical (unpaired) electrons. The number of benzene rings is 1. The van der Waals surface area contributed by atoms with Gasteiger partial charge in [-0.2, -0.15) is 0 Å². The van der Waals surface area contributed by atoms with Gasteiger partial charge in [0, 0.05) is 17.3 Å². The van der Waals surface area contributed by atoms with E-state index in [1.54, 1.807) is 17.5 Å². The summed E-state index contributed by atoms with van der Waals surface area (Å²) in [5.74, 6) is -0.181. The second kappa shape index (κ2) is 5.24. The summed E-state index contributed by atoms with van der Waals surface area (Å²) in [5.41, 5.74) is 0.867. The molecular weight excluding hydrogens is 308 g/mol. The first kappa shape index (κ1) is 14.2. The Morgan fingerprint density at radius 1 is 1.29 bits per heavy atom. The fourth-order valence-electron chi connectivity index (χ4n) is 2.25. The van der Waals surface area contributed by atoms with Crippen LogP contribution in [0.4, 0.5) is 5.13 Å². The molecule has 1 aliphatic rings. The van der Waals surface area contributed by atoms with Crippen molar-refractivity contribution < 1.29 is 9.59 Å². The lowest BCUT2D eigenvalue weighted by atomic mass is 9.95. The number of anilines is 1. The smallest absolute Gasteiger partial charge is 0.236 e. The van der Waals surface area contributed by atoms with Gasteiger partial charge < -0.3 is 5.32 Å². The molecule has 1 heterocycles. The van der Waals surface area contributed by atoms with E-state index in [9.17, 15) is 9.59 Å². The average molecular weight is 321 g/mol. The van der Waals surface area contributed by atoms with Gasteiger partial charge in [0.05, 0.1) is 5.41 Å². The van der Waals surface area contributed by atoms with Gasteiger partial charge in [0.15, 0.2) is 10.9 Å². The Morgan fingerprint density at radius 2 is 1.95 bits per heavy atom. The third-order valence-corrected chi connectivity index (χ3v) is 4.68. The van der Waals surface area contributed by atoms with Crippen molar-refractivity contribution in [1.29, 1.82) is 0 Å². The van der Waals surface area contributed by atoms with Crippen LogP contribution in [0.5, 0.6) is 0 Å². The van der Waals surface area contributed by atoms with Crippen LogP contribution in [0.25, 0.3) is 0 Å². The van der Waals surface area contributed by atoms with Crippen LogP contribution in [0, 0.1) is 0 Å². The predicted octanol–water partition coefficient (Wildman–Crippen LogP) is 3.67. The van der Waals surface area contributed by atoms with Crippen LogP contribution in [0.2, 0.25) is 5.02 Å². The predicted molar refractivity (Wildman–Crippen MR) is 83.1 cm³/mol. The van der Waals surface area contributed by atoms with Gasteiger partial charge in [-0.1, -0.05) is 23.7 Å². The number of nitrogens with zero attached hydrogens (tertiary/aromatic N) is 1. The molecule has 3 rings (SSSR count). The number of Topliss-reactive ketones (excluding diaryl/α,β-unsaturated/α-hetero) is 1. The Bertz CT molecular complexity index is 705. The number of amides is 1. The molecule has 1 amide bonds. The number of hydrogen-bond acceptors (Lipinski definition) is 4. The Labute approximate surface area is 131 Å². The largest absolute Gasteiger partial charge is 0.301 e. The van der Waals surface area contributed by atoms with E-state index in [0.29, 0.717) is 15.8 Å². The summed E-state index contributed by atoms with van der Waals surface area (Å²) in [5, 5.41) is 5.59. The third kappa shape index (κ3) is 2.71. The molecule has 0 saturated heterocycles. The van der Waals surface area contributed by atoms with Gasteiger partial charge in [0.25, 0.3) is 0 Å². The molecule has 1 fully saturated rings. The van der Waals surface area contributed by atoms with Crippen LogP contribution >= 0.6 is 22.9 Å². The fraction of sp³-hybridized carbons (Fsp3) is 0.267. The summed E-state index contributed by atoms with van der Waals surface area (Å²) in [7, 11) is 0. The number of hydrogen-bond donors (Lipinski definition) is 1. The van der Waals surface area contributed by atoms with Crippen molar-refractivity contribution in [3.63, 3.8) is 0 Å². The zero-order valence-corrected chi connectivity index (χ0v) is 12.9. The maximum atomic E-state index is 12.5. The lowest BCUT2D eigenvalue weighted by molar-refractivity contribution is -0.118. The highest BCUT2D eigenvalue weighted by atomic mass is 35.5. The highest BCUT2D eigenvalue weighted by Crippen LogP contribution is 2.49. The summed E-state index contributed by atoms with van der Waals surface area (Å²) in [6.07, 6.45) is 1.62. The van der Waals surface area contributed by atoms with Crippen molar-refractivity contribution in [3.05, 3.63) is 45.9 Å². The highest BCUT2D eigenvalue weighted by Gasteiger charge is 2.51. The summed E-state index contributed by atoms with van der Waals surface area (Å²) in [6.45, 7) is 1.46. The molecule has 0 unspecified atom stereocenters. The van der Waals surface area contributed by atoms with Gasteiger partial charge in [-0.15, -0.1) is 11.3 Å². The maximum Gasteiger partial charge on any atom is 0.236 e. The van der Waals surface area contributed by atoms with E-state index in [4.69, 9.17) is 11.6 Å². The molecule has 1 aromatic carbocycles. The van der Waals surface area contributed by atoms with Gasteiger partial charge in [0.2, 0.25) is 5.91 Å². The number of thiazole rings is 1. The van der Waals surface area contributed by atoms with E-state index in [1.807, 2.05) is 12.1 Å². The van der Waals surface area contributed by atoms with Gasteiger partial charge in [0.1, 0.15) is 5.69 Å². The van der Waals surface area contributed by atoms with Crippen molar-refractivity contribution in [1.82, 2.24) is 4.98 Å². The molecule has 6 heteroatoms. The van der Waals surface area contributed by atoms with E-state index < -0.39 is 5.41 Å². The SMILES string of the molecule is CC(=O)c1csc(NC(=O)C2(c3ccc(Cl)cc3)CC2)n1. The molecule has 1 N–H and O–H groups in total. The summed E-state index contributed by atoms with van der Waals surface area (Å²) < 4.78 is 0. The van der Waals surface area contributed by atoms with Crippen molar-refractivity contribution in [2.75, 3.05) is 5.32 Å². The van der Waals surface area contributed by atoms with Crippen molar-refractivity contribution in [2.24, 2.45) is 0 Å². The Morgan fingerprint density at radius 3 is 2.48 bits per heavy atom. The molecule has 0 spiro atoms. The minimum absolute atomic E-state index is 0.0747. The van der Waals surface area contributed by atoms with E-state index in [1.165, 1.54) is 18.3 Å². The standard InChI is InChI=1S/C15H13ClN2O2S/c1-9(19)12-8-21-14(17-12)18-13(20)15(6-7-15)10-2-4-11(16)5-3-10/h2-5,8H,6-7H2,1H3,(H,17,18,20). The van der Waals surface area contributed by atoms with Crippen LogP contribution < -0.4 is 5.32 Å². The fourth-order valence-corrected chi connectivity index (χ4v) is 3.12. The topological polar surface area (TPSA) is 59.1 Å². The summed E-state index contributed by atoms with van der Waals surface area (Å²) >= 11 is 7.15. The molecule has 0 bridgehead atoms. The van der Waals surface area contributed by atoms with Crippen LogP contribution in [0.3, 0.4) is 0 Å². The van der Waals surface area contributed by atoms with Crippen molar-refractivity contribution >= 4 is 39.8 Å². The normalized spacial score (nSPS) is 15.5. The third-order valence-electron chi connectivity index (χ3n) is 3.67. The van der Waals surface area contributed by atoms with Crippen molar-refractivity contribution in [3.8, 4) is 0 Å². The number of carbonyl (C=O) groups is 2. The lowest BCUT2D eigenvalue weighted by Gasteiger charge is -2.14. The number of halogens is 1. The zero-order valence-electron chi connectivity index (χ0n) is 11.4. The van der Waals surface area contributed by atoms with Gasteiger partial charge in [-0.25, -0.2) is 4.98 Å². The van der Waals surface area contributed by atoms with Crippen LogP contribution in [0.1, 0.15) is 35.8 Å². The van der Waals surface area contributed by atoms with Crippen molar-refractivity contribution in [2.45, 2.75) is 25.2 Å². The Balaban J connectivity index is 1.78. The molecule has 1 saturated carbocycles. The maximum absolute atomic E-state index is 12.5. The summed E-state index contributed by atoms with van der Waals surface area (Å²) in [6, 6.07) is 7.36. The average Bonchev–Trinajstić information content (AvgIpc) is 3.13. The number of nitrogens with one attached hydrogen (secondary N) is 1. The molecule has 108 valence electrons. The van der Waals surface area contributed by atoms with Gasteiger partial charge >= 0.3 is 0 Å². The molecule has 1 aliphatic carbocycles. The number of carbonyl (C=O) groups excluding carboxylic acids is 2.